The molecule has 0 aliphatic carbocycles. The molecule has 1 amide bonds. The van der Waals surface area contributed by atoms with Crippen LogP contribution in [0.3, 0.4) is 0 Å². The number of carbonyl (C=O) groups is 2. The van der Waals surface area contributed by atoms with Gasteiger partial charge in [-0.15, -0.1) is 11.6 Å². The smallest absolute Gasteiger partial charge is 0.410 e. The molecule has 1 fully saturated rings. The molecule has 1 saturated heterocycles. The van der Waals surface area contributed by atoms with Crippen LogP contribution < -0.4 is 0 Å². The molecule has 2 unspecified atom stereocenters. The van der Waals surface area contributed by atoms with Crippen LogP contribution in [0.15, 0.2) is 0 Å². The summed E-state index contributed by atoms with van der Waals surface area (Å²) in [4.78, 5) is 26.5. The Hall–Kier alpha value is -0.970. The summed E-state index contributed by atoms with van der Waals surface area (Å²) in [6.07, 6.45) is 2.31. The zero-order valence-corrected chi connectivity index (χ0v) is 15.7. The van der Waals surface area contributed by atoms with E-state index < -0.39 is 11.0 Å². The quantitative estimate of drug-likeness (QED) is 0.557. The summed E-state index contributed by atoms with van der Waals surface area (Å²) in [7, 11) is 0. The number of nitrogens with zero attached hydrogens (tertiary/aromatic N) is 1. The lowest BCUT2D eigenvalue weighted by Gasteiger charge is -2.44. The fourth-order valence-corrected chi connectivity index (χ4v) is 3.26. The summed E-state index contributed by atoms with van der Waals surface area (Å²) < 4.78 is 10.7. The van der Waals surface area contributed by atoms with E-state index in [4.69, 9.17) is 21.1 Å². The van der Waals surface area contributed by atoms with E-state index in [1.54, 1.807) is 4.90 Å². The molecule has 0 aromatic heterocycles. The monoisotopic (exact) mass is 347 g/mol. The van der Waals surface area contributed by atoms with Gasteiger partial charge in [-0.3, -0.25) is 4.79 Å². The summed E-state index contributed by atoms with van der Waals surface area (Å²) in [5.41, 5.74) is -1.06. The van der Waals surface area contributed by atoms with E-state index in [1.165, 1.54) is 0 Å². The molecule has 1 heterocycles. The Kier molecular flexibility index (Phi) is 7.18. The fraction of sp³-hybridized carbons (Fsp3) is 0.882. The number of hydrogen-bond acceptors (Lipinski definition) is 4. The van der Waals surface area contributed by atoms with E-state index in [0.29, 0.717) is 38.3 Å². The molecule has 5 nitrogen and oxygen atoms in total. The number of likely N-dealkylation sites (tertiary alicyclic amines) is 1. The minimum Gasteiger partial charge on any atom is -0.466 e. The Balaban J connectivity index is 2.82. The maximum atomic E-state index is 12.5. The highest BCUT2D eigenvalue weighted by Crippen LogP contribution is 2.40. The summed E-state index contributed by atoms with van der Waals surface area (Å²) in [6, 6.07) is -0.0710. The first-order valence-electron chi connectivity index (χ1n) is 8.38. The third kappa shape index (κ3) is 5.55. The third-order valence-electron chi connectivity index (χ3n) is 4.17. The highest BCUT2D eigenvalue weighted by Gasteiger charge is 2.46. The summed E-state index contributed by atoms with van der Waals surface area (Å²) in [6.45, 7) is 10.2. The maximum Gasteiger partial charge on any atom is 0.410 e. The van der Waals surface area contributed by atoms with Gasteiger partial charge in [-0.1, -0.05) is 0 Å². The van der Waals surface area contributed by atoms with Crippen molar-refractivity contribution in [1.29, 1.82) is 0 Å². The number of halogens is 1. The van der Waals surface area contributed by atoms with Crippen LogP contribution in [0.4, 0.5) is 4.79 Å². The molecule has 0 aromatic rings. The van der Waals surface area contributed by atoms with E-state index in [-0.39, 0.29) is 18.1 Å². The number of esters is 1. The van der Waals surface area contributed by atoms with Gasteiger partial charge in [-0.2, -0.15) is 0 Å². The van der Waals surface area contributed by atoms with Crippen LogP contribution in [-0.2, 0) is 14.3 Å². The van der Waals surface area contributed by atoms with E-state index >= 15 is 0 Å². The van der Waals surface area contributed by atoms with Gasteiger partial charge in [0.2, 0.25) is 0 Å². The molecular formula is C17H30ClNO4. The van der Waals surface area contributed by atoms with E-state index in [9.17, 15) is 9.59 Å². The van der Waals surface area contributed by atoms with Gasteiger partial charge in [0.25, 0.3) is 0 Å². The second-order valence-corrected chi connectivity index (χ2v) is 7.65. The minimum absolute atomic E-state index is 0.0710. The van der Waals surface area contributed by atoms with Crippen LogP contribution in [0, 0.1) is 5.41 Å². The van der Waals surface area contributed by atoms with Crippen molar-refractivity contribution in [2.24, 2.45) is 5.41 Å². The summed E-state index contributed by atoms with van der Waals surface area (Å²) >= 11 is 5.82. The molecule has 1 aliphatic rings. The predicted octanol–water partition coefficient (Wildman–Crippen LogP) is 3.97. The highest BCUT2D eigenvalue weighted by atomic mass is 35.5. The molecule has 0 radical (unpaired) electrons. The average molecular weight is 348 g/mol. The normalized spacial score (nSPS) is 25.1. The number of amides is 1. The van der Waals surface area contributed by atoms with Crippen LogP contribution in [-0.4, -0.2) is 47.6 Å². The van der Waals surface area contributed by atoms with E-state index in [0.717, 1.165) is 6.42 Å². The van der Waals surface area contributed by atoms with Crippen molar-refractivity contribution in [2.75, 3.05) is 19.0 Å². The number of ether oxygens (including phenoxy) is 2. The molecule has 0 aromatic carbocycles. The topological polar surface area (TPSA) is 55.8 Å². The lowest BCUT2D eigenvalue weighted by molar-refractivity contribution is -0.160. The Morgan fingerprint density at radius 1 is 1.35 bits per heavy atom. The SMILES string of the molecule is CCOC(=O)C1(CCCCl)CCN(C(=O)OC(C)(C)C)C(C)C1. The number of carbonyl (C=O) groups excluding carboxylic acids is 2. The lowest BCUT2D eigenvalue weighted by Crippen LogP contribution is -2.52. The molecule has 0 bridgehead atoms. The molecule has 0 spiro atoms. The van der Waals surface area contributed by atoms with Crippen LogP contribution >= 0.6 is 11.6 Å². The van der Waals surface area contributed by atoms with Crippen molar-refractivity contribution in [2.45, 2.75) is 71.9 Å². The van der Waals surface area contributed by atoms with Gasteiger partial charge >= 0.3 is 12.1 Å². The zero-order valence-electron chi connectivity index (χ0n) is 15.0. The fourth-order valence-electron chi connectivity index (χ4n) is 3.13. The van der Waals surface area contributed by atoms with Crippen molar-refractivity contribution in [3.63, 3.8) is 0 Å². The maximum absolute atomic E-state index is 12.5. The van der Waals surface area contributed by atoms with E-state index in [1.807, 2.05) is 34.6 Å². The molecule has 2 atom stereocenters. The first-order chi connectivity index (χ1) is 10.6. The van der Waals surface area contributed by atoms with Gasteiger partial charge in [0.1, 0.15) is 5.60 Å². The number of alkyl halides is 1. The van der Waals surface area contributed by atoms with Crippen molar-refractivity contribution >= 4 is 23.7 Å². The molecule has 1 aliphatic heterocycles. The first kappa shape index (κ1) is 20.1. The van der Waals surface area contributed by atoms with Crippen molar-refractivity contribution in [3.8, 4) is 0 Å². The van der Waals surface area contributed by atoms with Crippen molar-refractivity contribution in [3.05, 3.63) is 0 Å². The van der Waals surface area contributed by atoms with Crippen molar-refractivity contribution in [1.82, 2.24) is 4.90 Å². The standard InChI is InChI=1S/C17H30ClNO4/c1-6-22-14(20)17(8-7-10-18)9-11-19(13(2)12-17)15(21)23-16(3,4)5/h13H,6-12H2,1-5H3. The Morgan fingerprint density at radius 3 is 2.48 bits per heavy atom. The van der Waals surface area contributed by atoms with Crippen molar-refractivity contribution < 1.29 is 19.1 Å². The molecule has 6 heteroatoms. The molecule has 0 saturated carbocycles. The van der Waals surface area contributed by atoms with Crippen LogP contribution in [0.1, 0.15) is 60.3 Å². The number of hydrogen-bond donors (Lipinski definition) is 0. The average Bonchev–Trinajstić information content (AvgIpc) is 2.43. The van der Waals surface area contributed by atoms with Gasteiger partial charge < -0.3 is 14.4 Å². The van der Waals surface area contributed by atoms with Gasteiger partial charge in [0.05, 0.1) is 12.0 Å². The molecule has 23 heavy (non-hydrogen) atoms. The van der Waals surface area contributed by atoms with Gasteiger partial charge in [-0.25, -0.2) is 4.79 Å². The summed E-state index contributed by atoms with van der Waals surface area (Å²) in [5.74, 6) is 0.353. The first-order valence-corrected chi connectivity index (χ1v) is 8.91. The summed E-state index contributed by atoms with van der Waals surface area (Å²) in [5, 5.41) is 0. The van der Waals surface area contributed by atoms with E-state index in [2.05, 4.69) is 0 Å². The zero-order chi connectivity index (χ0) is 17.7. The van der Waals surface area contributed by atoms with Crippen LogP contribution in [0.2, 0.25) is 0 Å². The van der Waals surface area contributed by atoms with Gasteiger partial charge in [0, 0.05) is 18.5 Å². The van der Waals surface area contributed by atoms with Gasteiger partial charge in [0.15, 0.2) is 0 Å². The Labute approximate surface area is 144 Å². The molecule has 134 valence electrons. The van der Waals surface area contributed by atoms with Crippen LogP contribution in [0.5, 0.6) is 0 Å². The lowest BCUT2D eigenvalue weighted by atomic mass is 9.72. The van der Waals surface area contributed by atoms with Crippen LogP contribution in [0.25, 0.3) is 0 Å². The largest absolute Gasteiger partial charge is 0.466 e. The molecule has 0 N–H and O–H groups in total. The number of rotatable bonds is 5. The Bertz CT molecular complexity index is 421. The predicted molar refractivity (Wildman–Crippen MR) is 90.7 cm³/mol. The Morgan fingerprint density at radius 2 is 2.00 bits per heavy atom. The highest BCUT2D eigenvalue weighted by molar-refractivity contribution is 6.17. The van der Waals surface area contributed by atoms with Gasteiger partial charge in [-0.05, 0) is 60.3 Å². The second-order valence-electron chi connectivity index (χ2n) is 7.27. The second kappa shape index (κ2) is 8.22. The third-order valence-corrected chi connectivity index (χ3v) is 4.44. The molecular weight excluding hydrogens is 318 g/mol. The molecule has 1 rings (SSSR count). The number of piperidine rings is 1. The minimum atomic E-state index is -0.539.